The molecule has 0 spiro atoms. The van der Waals surface area contributed by atoms with Crippen LogP contribution in [-0.2, 0) is 0 Å². The van der Waals surface area contributed by atoms with Gasteiger partial charge in [-0.25, -0.2) is 4.68 Å². The molecule has 19 heavy (non-hydrogen) atoms. The Hall–Kier alpha value is -2.11. The Morgan fingerprint density at radius 3 is 3.00 bits per heavy atom. The van der Waals surface area contributed by atoms with Crippen molar-refractivity contribution in [2.24, 2.45) is 5.92 Å². The fourth-order valence-corrected chi connectivity index (χ4v) is 2.46. The largest absolute Gasteiger partial charge is 0.496 e. The smallest absolute Gasteiger partial charge is 0.186 e. The minimum atomic E-state index is 0.404. The van der Waals surface area contributed by atoms with Gasteiger partial charge in [-0.15, -0.1) is 5.10 Å². The molecular formula is C13H17N5O. The third kappa shape index (κ3) is 2.03. The minimum absolute atomic E-state index is 0.404. The first kappa shape index (κ1) is 12.0. The zero-order valence-corrected chi connectivity index (χ0v) is 11.1. The first-order chi connectivity index (χ1) is 9.24. The van der Waals surface area contributed by atoms with Crippen molar-refractivity contribution in [1.82, 2.24) is 20.2 Å². The standard InChI is InChI=1S/C13H17N5O/c1-3-8-6-11(8)18-13(15-16-17-18)10-7-9(14)4-5-12(10)19-2/h4-5,7-8,11H,3,6,14H2,1-2H3. The number of tetrazole rings is 1. The van der Waals surface area contributed by atoms with Gasteiger partial charge in [-0.05, 0) is 41.0 Å². The van der Waals surface area contributed by atoms with Gasteiger partial charge in [0.05, 0.1) is 18.7 Å². The summed E-state index contributed by atoms with van der Waals surface area (Å²) >= 11 is 0. The molecule has 1 fully saturated rings. The number of nitrogens with zero attached hydrogens (tertiary/aromatic N) is 4. The summed E-state index contributed by atoms with van der Waals surface area (Å²) in [6.45, 7) is 2.19. The van der Waals surface area contributed by atoms with E-state index in [1.165, 1.54) is 0 Å². The van der Waals surface area contributed by atoms with Crippen molar-refractivity contribution < 1.29 is 4.74 Å². The summed E-state index contributed by atoms with van der Waals surface area (Å²) < 4.78 is 7.26. The Kier molecular flexibility index (Phi) is 2.85. The van der Waals surface area contributed by atoms with Gasteiger partial charge in [0.1, 0.15) is 5.75 Å². The average Bonchev–Trinajstić information content (AvgIpc) is 3.06. The Morgan fingerprint density at radius 1 is 1.47 bits per heavy atom. The van der Waals surface area contributed by atoms with Crippen LogP contribution in [0.25, 0.3) is 11.4 Å². The van der Waals surface area contributed by atoms with Crippen molar-refractivity contribution in [3.05, 3.63) is 18.2 Å². The molecule has 2 N–H and O–H groups in total. The van der Waals surface area contributed by atoms with Crippen LogP contribution in [0, 0.1) is 5.92 Å². The number of methoxy groups -OCH3 is 1. The number of anilines is 1. The molecule has 1 aromatic heterocycles. The zero-order valence-electron chi connectivity index (χ0n) is 11.1. The van der Waals surface area contributed by atoms with Crippen LogP contribution in [0.5, 0.6) is 5.75 Å². The molecular weight excluding hydrogens is 242 g/mol. The summed E-state index contributed by atoms with van der Waals surface area (Å²) in [4.78, 5) is 0. The van der Waals surface area contributed by atoms with E-state index in [0.29, 0.717) is 17.6 Å². The number of hydrogen-bond donors (Lipinski definition) is 1. The molecule has 6 nitrogen and oxygen atoms in total. The fourth-order valence-electron chi connectivity index (χ4n) is 2.46. The van der Waals surface area contributed by atoms with Crippen LogP contribution >= 0.6 is 0 Å². The van der Waals surface area contributed by atoms with Crippen LogP contribution in [0.1, 0.15) is 25.8 Å². The van der Waals surface area contributed by atoms with Crippen molar-refractivity contribution in [3.8, 4) is 17.1 Å². The van der Waals surface area contributed by atoms with Crippen LogP contribution in [0.3, 0.4) is 0 Å². The minimum Gasteiger partial charge on any atom is -0.496 e. The highest BCUT2D eigenvalue weighted by atomic mass is 16.5. The monoisotopic (exact) mass is 259 g/mol. The average molecular weight is 259 g/mol. The first-order valence-electron chi connectivity index (χ1n) is 6.46. The predicted octanol–water partition coefficient (Wildman–Crippen LogP) is 1.90. The van der Waals surface area contributed by atoms with Crippen molar-refractivity contribution in [3.63, 3.8) is 0 Å². The molecule has 1 heterocycles. The van der Waals surface area contributed by atoms with Crippen molar-refractivity contribution in [2.75, 3.05) is 12.8 Å². The predicted molar refractivity (Wildman–Crippen MR) is 71.7 cm³/mol. The summed E-state index contributed by atoms with van der Waals surface area (Å²) in [5.74, 6) is 2.14. The Labute approximate surface area is 111 Å². The van der Waals surface area contributed by atoms with Gasteiger partial charge in [-0.1, -0.05) is 13.3 Å². The van der Waals surface area contributed by atoms with Gasteiger partial charge in [0.25, 0.3) is 0 Å². The molecule has 1 aliphatic rings. The number of hydrogen-bond acceptors (Lipinski definition) is 5. The van der Waals surface area contributed by atoms with E-state index in [1.807, 2.05) is 22.9 Å². The number of ether oxygens (including phenoxy) is 1. The van der Waals surface area contributed by atoms with Gasteiger partial charge in [0, 0.05) is 5.69 Å². The lowest BCUT2D eigenvalue weighted by atomic mass is 10.1. The number of benzene rings is 1. The molecule has 2 aromatic rings. The lowest BCUT2D eigenvalue weighted by Crippen LogP contribution is -2.03. The first-order valence-corrected chi connectivity index (χ1v) is 6.46. The molecule has 6 heteroatoms. The molecule has 3 rings (SSSR count). The third-order valence-corrected chi connectivity index (χ3v) is 3.68. The van der Waals surface area contributed by atoms with Crippen LogP contribution in [0.2, 0.25) is 0 Å². The molecule has 1 saturated carbocycles. The SMILES string of the molecule is CCC1CC1n1nnnc1-c1cc(N)ccc1OC. The molecule has 0 saturated heterocycles. The van der Waals surface area contributed by atoms with Crippen molar-refractivity contribution in [1.29, 1.82) is 0 Å². The summed E-state index contributed by atoms with van der Waals surface area (Å²) in [6.07, 6.45) is 2.29. The maximum atomic E-state index is 5.85. The maximum Gasteiger partial charge on any atom is 0.186 e. The van der Waals surface area contributed by atoms with Crippen LogP contribution in [0.15, 0.2) is 18.2 Å². The summed E-state index contributed by atoms with van der Waals surface area (Å²) in [5, 5.41) is 12.0. The lowest BCUT2D eigenvalue weighted by molar-refractivity contribution is 0.415. The van der Waals surface area contributed by atoms with Gasteiger partial charge in [0.2, 0.25) is 0 Å². The Balaban J connectivity index is 2.03. The van der Waals surface area contributed by atoms with E-state index in [2.05, 4.69) is 22.4 Å². The molecule has 1 aliphatic carbocycles. The van der Waals surface area contributed by atoms with Crippen LogP contribution in [-0.4, -0.2) is 27.3 Å². The number of nitrogens with two attached hydrogens (primary N) is 1. The zero-order chi connectivity index (χ0) is 13.4. The highest BCUT2D eigenvalue weighted by molar-refractivity contribution is 5.68. The summed E-state index contributed by atoms with van der Waals surface area (Å²) in [7, 11) is 1.63. The van der Waals surface area contributed by atoms with Crippen molar-refractivity contribution >= 4 is 5.69 Å². The van der Waals surface area contributed by atoms with E-state index in [9.17, 15) is 0 Å². The second-order valence-electron chi connectivity index (χ2n) is 4.88. The molecule has 2 unspecified atom stereocenters. The highest BCUT2D eigenvalue weighted by Gasteiger charge is 2.40. The van der Waals surface area contributed by atoms with E-state index >= 15 is 0 Å². The normalized spacial score (nSPS) is 21.4. The van der Waals surface area contributed by atoms with E-state index in [-0.39, 0.29) is 0 Å². The van der Waals surface area contributed by atoms with Crippen LogP contribution in [0.4, 0.5) is 5.69 Å². The molecule has 100 valence electrons. The van der Waals surface area contributed by atoms with E-state index < -0.39 is 0 Å². The van der Waals surface area contributed by atoms with E-state index in [1.54, 1.807) is 7.11 Å². The molecule has 0 radical (unpaired) electrons. The quantitative estimate of drug-likeness (QED) is 0.848. The molecule has 2 atom stereocenters. The van der Waals surface area contributed by atoms with Crippen LogP contribution < -0.4 is 10.5 Å². The highest BCUT2D eigenvalue weighted by Crippen LogP contribution is 2.47. The third-order valence-electron chi connectivity index (χ3n) is 3.68. The fraction of sp³-hybridized carbons (Fsp3) is 0.462. The number of nitrogen functional groups attached to an aromatic ring is 1. The summed E-state index contributed by atoms with van der Waals surface area (Å²) in [6, 6.07) is 5.90. The number of rotatable bonds is 4. The maximum absolute atomic E-state index is 5.85. The van der Waals surface area contributed by atoms with E-state index in [4.69, 9.17) is 10.5 Å². The van der Waals surface area contributed by atoms with Gasteiger partial charge in [0.15, 0.2) is 5.82 Å². The number of aromatic nitrogens is 4. The second kappa shape index (κ2) is 4.53. The van der Waals surface area contributed by atoms with Gasteiger partial charge < -0.3 is 10.5 Å². The molecule has 1 aromatic carbocycles. The second-order valence-corrected chi connectivity index (χ2v) is 4.88. The Bertz CT molecular complexity index is 594. The topological polar surface area (TPSA) is 78.9 Å². The lowest BCUT2D eigenvalue weighted by Gasteiger charge is -2.09. The molecule has 0 amide bonds. The molecule has 0 bridgehead atoms. The van der Waals surface area contributed by atoms with Gasteiger partial charge in [-0.3, -0.25) is 0 Å². The van der Waals surface area contributed by atoms with Gasteiger partial charge >= 0.3 is 0 Å². The Morgan fingerprint density at radius 2 is 2.32 bits per heavy atom. The molecule has 0 aliphatic heterocycles. The van der Waals surface area contributed by atoms with Crippen molar-refractivity contribution in [2.45, 2.75) is 25.8 Å². The van der Waals surface area contributed by atoms with Gasteiger partial charge in [-0.2, -0.15) is 0 Å². The summed E-state index contributed by atoms with van der Waals surface area (Å²) in [5.41, 5.74) is 7.37. The van der Waals surface area contributed by atoms with E-state index in [0.717, 1.165) is 30.0 Å².